The summed E-state index contributed by atoms with van der Waals surface area (Å²) in [6.07, 6.45) is 3.39. The molecule has 0 spiro atoms. The molecule has 3 rings (SSSR count). The Bertz CT molecular complexity index is 525. The van der Waals surface area contributed by atoms with Crippen molar-refractivity contribution in [3.8, 4) is 0 Å². The third-order valence-corrected chi connectivity index (χ3v) is 3.18. The van der Waals surface area contributed by atoms with Gasteiger partial charge in [-0.15, -0.1) is 0 Å². The number of anilines is 1. The van der Waals surface area contributed by atoms with Crippen LogP contribution < -0.4 is 5.32 Å². The fourth-order valence-electron chi connectivity index (χ4n) is 1.97. The highest BCUT2D eigenvalue weighted by atomic mass is 16.7. The Morgan fingerprint density at radius 2 is 2.33 bits per heavy atom. The van der Waals surface area contributed by atoms with Crippen molar-refractivity contribution in [2.45, 2.75) is 19.4 Å². The lowest BCUT2D eigenvalue weighted by molar-refractivity contribution is -0.117. The van der Waals surface area contributed by atoms with Crippen LogP contribution in [0.3, 0.4) is 0 Å². The van der Waals surface area contributed by atoms with E-state index in [2.05, 4.69) is 10.3 Å². The molecule has 0 unspecified atom stereocenters. The molecule has 1 fully saturated rings. The van der Waals surface area contributed by atoms with Gasteiger partial charge in [-0.2, -0.15) is 0 Å². The fraction of sp³-hybridized carbons (Fsp3) is 0.417. The molecule has 1 saturated carbocycles. The fourth-order valence-corrected chi connectivity index (χ4v) is 1.97. The van der Waals surface area contributed by atoms with E-state index in [1.165, 1.54) is 18.4 Å². The summed E-state index contributed by atoms with van der Waals surface area (Å²) in [5.41, 5.74) is 1.35. The van der Waals surface area contributed by atoms with E-state index in [0.717, 1.165) is 18.4 Å². The van der Waals surface area contributed by atoms with Gasteiger partial charge >= 0.3 is 0 Å². The molecule has 6 nitrogen and oxygen atoms in total. The topological polar surface area (TPSA) is 71.5 Å². The van der Waals surface area contributed by atoms with Crippen molar-refractivity contribution in [1.29, 1.82) is 0 Å². The molecule has 1 aromatic heterocycles. The van der Waals surface area contributed by atoms with Gasteiger partial charge in [0.25, 0.3) is 5.91 Å². The molecular formula is C12H13N3O3. The molecule has 2 heterocycles. The van der Waals surface area contributed by atoms with Crippen molar-refractivity contribution in [1.82, 2.24) is 10.0 Å². The summed E-state index contributed by atoms with van der Waals surface area (Å²) in [6.45, 7) is 0.388. The molecule has 0 bridgehead atoms. The first-order valence-electron chi connectivity index (χ1n) is 5.85. The molecule has 2 amide bonds. The molecule has 1 N–H and O–H groups in total. The van der Waals surface area contributed by atoms with Crippen LogP contribution in [0.25, 0.3) is 0 Å². The van der Waals surface area contributed by atoms with Crippen LogP contribution in [0.1, 0.15) is 28.8 Å². The van der Waals surface area contributed by atoms with E-state index in [0.29, 0.717) is 17.9 Å². The minimum atomic E-state index is -0.194. The molecule has 0 atom stereocenters. The predicted octanol–water partition coefficient (Wildman–Crippen LogP) is 0.947. The zero-order valence-corrected chi connectivity index (χ0v) is 9.97. The second-order valence-corrected chi connectivity index (χ2v) is 4.51. The highest BCUT2D eigenvalue weighted by Gasteiger charge is 2.31. The van der Waals surface area contributed by atoms with Gasteiger partial charge < -0.3 is 5.32 Å². The largest absolute Gasteiger partial charge is 0.310 e. The molecule has 18 heavy (non-hydrogen) atoms. The highest BCUT2D eigenvalue weighted by Crippen LogP contribution is 2.30. The van der Waals surface area contributed by atoms with Gasteiger partial charge in [0, 0.05) is 12.1 Å². The number of hydrogen-bond donors (Lipinski definition) is 1. The molecule has 0 radical (unpaired) electrons. The van der Waals surface area contributed by atoms with E-state index in [1.807, 2.05) is 0 Å². The molecule has 1 aromatic rings. The summed E-state index contributed by atoms with van der Waals surface area (Å²) < 4.78 is 0. The number of carbonyl (C=O) groups is 2. The third kappa shape index (κ3) is 1.84. The Hall–Kier alpha value is -1.95. The smallest absolute Gasteiger partial charge is 0.279 e. The average Bonchev–Trinajstić information content (AvgIpc) is 3.15. The second kappa shape index (κ2) is 4.06. The lowest BCUT2D eigenvalue weighted by Gasteiger charge is -2.09. The highest BCUT2D eigenvalue weighted by molar-refractivity contribution is 5.98. The van der Waals surface area contributed by atoms with Crippen LogP contribution in [0.5, 0.6) is 0 Å². The standard InChI is InChI=1S/C12H13N3O3/c1-18-15-6-8-4-10(13-5-9(8)12(15)17)14-11(16)7-2-3-7/h4-5,7H,2-3,6H2,1H3,(H,13,14,16). The first kappa shape index (κ1) is 11.2. The number of fused-ring (bicyclic) bond motifs is 1. The number of nitrogens with one attached hydrogen (secondary N) is 1. The van der Waals surface area contributed by atoms with Crippen molar-refractivity contribution in [3.05, 3.63) is 23.4 Å². The Morgan fingerprint density at radius 1 is 1.56 bits per heavy atom. The predicted molar refractivity (Wildman–Crippen MR) is 62.5 cm³/mol. The van der Waals surface area contributed by atoms with Crippen LogP contribution in [-0.4, -0.2) is 29.0 Å². The van der Waals surface area contributed by atoms with Gasteiger partial charge in [0.2, 0.25) is 5.91 Å². The van der Waals surface area contributed by atoms with Crippen molar-refractivity contribution in [2.75, 3.05) is 12.4 Å². The van der Waals surface area contributed by atoms with Crippen LogP contribution in [0.15, 0.2) is 12.3 Å². The van der Waals surface area contributed by atoms with Gasteiger partial charge in [0.1, 0.15) is 5.82 Å². The van der Waals surface area contributed by atoms with Gasteiger partial charge in [-0.3, -0.25) is 14.4 Å². The van der Waals surface area contributed by atoms with Crippen LogP contribution in [-0.2, 0) is 16.2 Å². The third-order valence-electron chi connectivity index (χ3n) is 3.18. The van der Waals surface area contributed by atoms with Gasteiger partial charge in [-0.1, -0.05) is 0 Å². The van der Waals surface area contributed by atoms with Gasteiger partial charge in [-0.05, 0) is 24.5 Å². The van der Waals surface area contributed by atoms with E-state index in [-0.39, 0.29) is 17.7 Å². The summed E-state index contributed by atoms with van der Waals surface area (Å²) in [5, 5.41) is 4.02. The maximum Gasteiger partial charge on any atom is 0.279 e. The first-order valence-corrected chi connectivity index (χ1v) is 5.85. The van der Waals surface area contributed by atoms with E-state index in [1.54, 1.807) is 6.07 Å². The van der Waals surface area contributed by atoms with Crippen LogP contribution >= 0.6 is 0 Å². The summed E-state index contributed by atoms with van der Waals surface area (Å²) in [4.78, 5) is 32.4. The van der Waals surface area contributed by atoms with E-state index >= 15 is 0 Å². The average molecular weight is 247 g/mol. The van der Waals surface area contributed by atoms with E-state index in [4.69, 9.17) is 4.84 Å². The molecule has 94 valence electrons. The van der Waals surface area contributed by atoms with E-state index < -0.39 is 0 Å². The first-order chi connectivity index (χ1) is 8.69. The summed E-state index contributed by atoms with van der Waals surface area (Å²) in [6, 6.07) is 1.73. The number of pyridine rings is 1. The maximum absolute atomic E-state index is 11.8. The maximum atomic E-state index is 11.8. The monoisotopic (exact) mass is 247 g/mol. The Labute approximate surface area is 104 Å². The summed E-state index contributed by atoms with van der Waals surface area (Å²) >= 11 is 0. The van der Waals surface area contributed by atoms with Gasteiger partial charge in [0.15, 0.2) is 0 Å². The number of carbonyl (C=O) groups excluding carboxylic acids is 2. The van der Waals surface area contributed by atoms with Crippen molar-refractivity contribution in [3.63, 3.8) is 0 Å². The molecule has 0 saturated heterocycles. The summed E-state index contributed by atoms with van der Waals surface area (Å²) in [7, 11) is 1.45. The molecule has 1 aliphatic carbocycles. The lowest BCUT2D eigenvalue weighted by Crippen LogP contribution is -2.22. The lowest BCUT2D eigenvalue weighted by atomic mass is 10.2. The van der Waals surface area contributed by atoms with Crippen molar-refractivity contribution >= 4 is 17.6 Å². The second-order valence-electron chi connectivity index (χ2n) is 4.51. The van der Waals surface area contributed by atoms with Crippen molar-refractivity contribution in [2.24, 2.45) is 5.92 Å². The molecule has 2 aliphatic rings. The van der Waals surface area contributed by atoms with Crippen LogP contribution in [0, 0.1) is 5.92 Å². The minimum absolute atomic E-state index is 0.00960. The SMILES string of the molecule is CON1Cc2cc(NC(=O)C3CC3)ncc2C1=O. The molecule has 1 aliphatic heterocycles. The number of hydrogen-bond acceptors (Lipinski definition) is 4. The Balaban J connectivity index is 1.80. The zero-order valence-electron chi connectivity index (χ0n) is 9.97. The minimum Gasteiger partial charge on any atom is -0.310 e. The van der Waals surface area contributed by atoms with E-state index in [9.17, 15) is 9.59 Å². The normalized spacial score (nSPS) is 17.8. The van der Waals surface area contributed by atoms with Crippen LogP contribution in [0.2, 0.25) is 0 Å². The Kier molecular flexibility index (Phi) is 2.52. The van der Waals surface area contributed by atoms with Gasteiger partial charge in [0.05, 0.1) is 19.2 Å². The number of amides is 2. The van der Waals surface area contributed by atoms with Crippen LogP contribution in [0.4, 0.5) is 5.82 Å². The van der Waals surface area contributed by atoms with Gasteiger partial charge in [-0.25, -0.2) is 10.0 Å². The van der Waals surface area contributed by atoms with Crippen molar-refractivity contribution < 1.29 is 14.4 Å². The Morgan fingerprint density at radius 3 is 3.00 bits per heavy atom. The quantitative estimate of drug-likeness (QED) is 0.863. The summed E-state index contributed by atoms with van der Waals surface area (Å²) in [5.74, 6) is 0.448. The molecular weight excluding hydrogens is 234 g/mol. The number of rotatable bonds is 3. The number of nitrogens with zero attached hydrogens (tertiary/aromatic N) is 2. The number of hydroxylamine groups is 2. The molecule has 6 heteroatoms. The number of aromatic nitrogens is 1. The zero-order chi connectivity index (χ0) is 12.7. The molecule has 0 aromatic carbocycles.